The predicted octanol–water partition coefficient (Wildman–Crippen LogP) is 5.06. The Kier molecular flexibility index (Phi) is 7.05. The maximum atomic E-state index is 12.3. The van der Waals surface area contributed by atoms with Crippen LogP contribution in [0.1, 0.15) is 46.6 Å². The number of thiophene rings is 2. The Balaban J connectivity index is 1.36. The highest BCUT2D eigenvalue weighted by Crippen LogP contribution is 2.39. The van der Waals surface area contributed by atoms with E-state index < -0.39 is 0 Å². The van der Waals surface area contributed by atoms with Crippen LogP contribution < -0.4 is 5.32 Å². The molecule has 6 nitrogen and oxygen atoms in total. The molecule has 2 amide bonds. The summed E-state index contributed by atoms with van der Waals surface area (Å²) < 4.78 is 5.58. The van der Waals surface area contributed by atoms with E-state index in [0.29, 0.717) is 17.2 Å². The Hall–Kier alpha value is -2.63. The Morgan fingerprint density at radius 2 is 2.16 bits per heavy atom. The van der Waals surface area contributed by atoms with Crippen LogP contribution in [0.5, 0.6) is 0 Å². The Morgan fingerprint density at radius 3 is 2.90 bits per heavy atom. The molecule has 8 heteroatoms. The van der Waals surface area contributed by atoms with Crippen LogP contribution in [0.25, 0.3) is 6.08 Å². The molecule has 162 valence electrons. The lowest BCUT2D eigenvalue weighted by molar-refractivity contribution is -0.111. The van der Waals surface area contributed by atoms with E-state index in [1.165, 1.54) is 23.8 Å². The van der Waals surface area contributed by atoms with Crippen molar-refractivity contribution in [2.45, 2.75) is 38.5 Å². The van der Waals surface area contributed by atoms with Crippen molar-refractivity contribution in [3.8, 4) is 6.07 Å². The molecule has 3 heterocycles. The summed E-state index contributed by atoms with van der Waals surface area (Å²) in [6.07, 6.45) is 8.73. The van der Waals surface area contributed by atoms with Gasteiger partial charge in [0, 0.05) is 28.9 Å². The first-order valence-corrected chi connectivity index (χ1v) is 12.3. The minimum atomic E-state index is -0.240. The molecule has 0 bridgehead atoms. The van der Waals surface area contributed by atoms with Crippen LogP contribution >= 0.6 is 22.7 Å². The van der Waals surface area contributed by atoms with Crippen molar-refractivity contribution in [3.63, 3.8) is 0 Å². The van der Waals surface area contributed by atoms with E-state index in [4.69, 9.17) is 4.74 Å². The second-order valence-electron chi connectivity index (χ2n) is 7.89. The van der Waals surface area contributed by atoms with Crippen molar-refractivity contribution < 1.29 is 14.3 Å². The molecule has 1 atom stereocenters. The highest BCUT2D eigenvalue weighted by atomic mass is 32.1. The minimum absolute atomic E-state index is 0.208. The molecule has 1 saturated heterocycles. The number of nitrogens with one attached hydrogen (secondary N) is 1. The third kappa shape index (κ3) is 5.35. The van der Waals surface area contributed by atoms with Crippen LogP contribution in [-0.4, -0.2) is 36.6 Å². The maximum Gasteiger partial charge on any atom is 0.409 e. The van der Waals surface area contributed by atoms with Gasteiger partial charge in [0.15, 0.2) is 0 Å². The van der Waals surface area contributed by atoms with E-state index in [1.54, 1.807) is 22.3 Å². The number of fused-ring (bicyclic) bond motifs is 1. The van der Waals surface area contributed by atoms with E-state index in [0.717, 1.165) is 60.5 Å². The highest BCUT2D eigenvalue weighted by Gasteiger charge is 2.28. The molecule has 0 saturated carbocycles. The fraction of sp³-hybridized carbons (Fsp3) is 0.435. The van der Waals surface area contributed by atoms with Gasteiger partial charge >= 0.3 is 6.09 Å². The zero-order chi connectivity index (χ0) is 21.6. The van der Waals surface area contributed by atoms with Gasteiger partial charge in [-0.15, -0.1) is 22.7 Å². The van der Waals surface area contributed by atoms with Crippen molar-refractivity contribution >= 4 is 45.8 Å². The summed E-state index contributed by atoms with van der Waals surface area (Å²) >= 11 is 3.03. The lowest BCUT2D eigenvalue weighted by atomic mass is 9.88. The molecule has 1 N–H and O–H groups in total. The third-order valence-corrected chi connectivity index (χ3v) is 7.72. The third-order valence-electron chi connectivity index (χ3n) is 5.71. The number of hydrogen-bond acceptors (Lipinski definition) is 6. The summed E-state index contributed by atoms with van der Waals surface area (Å²) in [5.74, 6) is 0.00391. The summed E-state index contributed by atoms with van der Waals surface area (Å²) in [4.78, 5) is 28.5. The molecule has 2 aromatic heterocycles. The van der Waals surface area contributed by atoms with Gasteiger partial charge in [0.05, 0.1) is 12.2 Å². The zero-order valence-corrected chi connectivity index (χ0v) is 18.9. The lowest BCUT2D eigenvalue weighted by Crippen LogP contribution is -2.37. The van der Waals surface area contributed by atoms with Crippen molar-refractivity contribution in [2.24, 2.45) is 5.92 Å². The molecule has 1 fully saturated rings. The summed E-state index contributed by atoms with van der Waals surface area (Å²) in [6.45, 7) is 1.97. The first kappa shape index (κ1) is 21.6. The van der Waals surface area contributed by atoms with Gasteiger partial charge in [0.25, 0.3) is 0 Å². The Labute approximate surface area is 190 Å². The Morgan fingerprint density at radius 1 is 1.32 bits per heavy atom. The molecule has 0 aromatic carbocycles. The van der Waals surface area contributed by atoms with E-state index >= 15 is 0 Å². The van der Waals surface area contributed by atoms with Gasteiger partial charge in [0.1, 0.15) is 11.1 Å². The van der Waals surface area contributed by atoms with Crippen molar-refractivity contribution in [3.05, 3.63) is 44.5 Å². The van der Waals surface area contributed by atoms with Gasteiger partial charge in [-0.1, -0.05) is 6.07 Å². The molecule has 1 aliphatic carbocycles. The number of anilines is 1. The molecule has 1 aliphatic heterocycles. The standard InChI is InChI=1S/C23H25N3O3S2/c24-14-19-18-8-6-16(15-29-23(28)26-10-2-1-3-11-26)13-20(18)31-22(19)25-21(27)9-7-17-5-4-12-30-17/h4-5,7,9,12,16H,1-3,6,8,10-11,13,15H2,(H,25,27). The number of carbonyl (C=O) groups is 2. The number of likely N-dealkylation sites (tertiary alicyclic amines) is 1. The summed E-state index contributed by atoms with van der Waals surface area (Å²) in [5.41, 5.74) is 1.60. The molecule has 2 aliphatic rings. The molecule has 4 rings (SSSR count). The molecule has 1 unspecified atom stereocenters. The van der Waals surface area contributed by atoms with Gasteiger partial charge < -0.3 is 15.0 Å². The number of amides is 2. The average molecular weight is 456 g/mol. The van der Waals surface area contributed by atoms with Crippen molar-refractivity contribution in [1.82, 2.24) is 4.90 Å². The molecule has 0 spiro atoms. The first-order chi connectivity index (χ1) is 15.1. The topological polar surface area (TPSA) is 82.4 Å². The predicted molar refractivity (Wildman–Crippen MR) is 123 cm³/mol. The van der Waals surface area contributed by atoms with Crippen LogP contribution in [0.2, 0.25) is 0 Å². The van der Waals surface area contributed by atoms with Crippen molar-refractivity contribution in [1.29, 1.82) is 5.26 Å². The normalized spacial score (nSPS) is 18.4. The summed E-state index contributed by atoms with van der Waals surface area (Å²) in [7, 11) is 0. The SMILES string of the molecule is N#Cc1c(NC(=O)C=Cc2cccs2)sc2c1CCC(COC(=O)N1CCCCC1)C2. The van der Waals surface area contributed by atoms with Gasteiger partial charge in [-0.3, -0.25) is 4.79 Å². The number of nitriles is 1. The number of nitrogens with zero attached hydrogens (tertiary/aromatic N) is 2. The van der Waals surface area contributed by atoms with E-state index in [9.17, 15) is 14.9 Å². The van der Waals surface area contributed by atoms with Gasteiger partial charge in [-0.25, -0.2) is 4.79 Å². The minimum Gasteiger partial charge on any atom is -0.449 e. The maximum absolute atomic E-state index is 12.3. The quantitative estimate of drug-likeness (QED) is 0.639. The molecule has 2 aromatic rings. The first-order valence-electron chi connectivity index (χ1n) is 10.6. The molecular weight excluding hydrogens is 430 g/mol. The highest BCUT2D eigenvalue weighted by molar-refractivity contribution is 7.16. The van der Waals surface area contributed by atoms with E-state index in [2.05, 4.69) is 11.4 Å². The number of carbonyl (C=O) groups excluding carboxylic acids is 2. The Bertz CT molecular complexity index is 998. The van der Waals surface area contributed by atoms with Crippen LogP contribution in [0.4, 0.5) is 9.80 Å². The van der Waals surface area contributed by atoms with E-state index in [1.807, 2.05) is 17.5 Å². The van der Waals surface area contributed by atoms with Crippen LogP contribution in [0.15, 0.2) is 23.6 Å². The molecule has 31 heavy (non-hydrogen) atoms. The lowest BCUT2D eigenvalue weighted by Gasteiger charge is -2.27. The second kappa shape index (κ2) is 10.1. The largest absolute Gasteiger partial charge is 0.449 e. The monoisotopic (exact) mass is 455 g/mol. The molecule has 0 radical (unpaired) electrons. The van der Waals surface area contributed by atoms with Crippen LogP contribution in [0.3, 0.4) is 0 Å². The fourth-order valence-corrected chi connectivity index (χ4v) is 5.99. The smallest absolute Gasteiger partial charge is 0.409 e. The summed E-state index contributed by atoms with van der Waals surface area (Å²) in [5, 5.41) is 15.1. The van der Waals surface area contributed by atoms with Crippen LogP contribution in [-0.2, 0) is 22.4 Å². The number of ether oxygens (including phenoxy) is 1. The van der Waals surface area contributed by atoms with Crippen LogP contribution in [0, 0.1) is 17.2 Å². The fourth-order valence-electron chi connectivity index (χ4n) is 4.06. The van der Waals surface area contributed by atoms with Crippen molar-refractivity contribution in [2.75, 3.05) is 25.0 Å². The summed E-state index contributed by atoms with van der Waals surface area (Å²) in [6, 6.07) is 6.14. The number of rotatable bonds is 5. The number of piperidine rings is 1. The zero-order valence-electron chi connectivity index (χ0n) is 17.3. The number of hydrogen-bond donors (Lipinski definition) is 1. The second-order valence-corrected chi connectivity index (χ2v) is 9.98. The van der Waals surface area contributed by atoms with E-state index in [-0.39, 0.29) is 17.9 Å². The average Bonchev–Trinajstić information content (AvgIpc) is 3.43. The molecular formula is C23H25N3O3S2. The van der Waals surface area contributed by atoms with Gasteiger partial charge in [-0.05, 0) is 67.5 Å². The van der Waals surface area contributed by atoms with Gasteiger partial charge in [-0.2, -0.15) is 5.26 Å². The van der Waals surface area contributed by atoms with Gasteiger partial charge in [0.2, 0.25) is 5.91 Å².